The van der Waals surface area contributed by atoms with E-state index in [4.69, 9.17) is 9.76 Å². The second-order valence-electron chi connectivity index (χ2n) is 4.74. The van der Waals surface area contributed by atoms with Crippen LogP contribution in [0, 0.1) is 0 Å². The average Bonchev–Trinajstić information content (AvgIpc) is 2.81. The van der Waals surface area contributed by atoms with E-state index in [1.54, 1.807) is 24.3 Å². The molecular weight excluding hydrogens is 285 g/mol. The SMILES string of the molecule is O=C1NC(=O)c2cc(Oc3ccc([B]O)c(CO)c3)ccc21. The summed E-state index contributed by atoms with van der Waals surface area (Å²) in [5, 5.41) is 20.5. The highest BCUT2D eigenvalue weighted by molar-refractivity contribution is 6.46. The maximum Gasteiger partial charge on any atom is 0.327 e. The summed E-state index contributed by atoms with van der Waals surface area (Å²) in [4.78, 5) is 23.1. The van der Waals surface area contributed by atoms with Crippen molar-refractivity contribution in [3.05, 3.63) is 53.1 Å². The van der Waals surface area contributed by atoms with Crippen LogP contribution in [0.4, 0.5) is 0 Å². The molecule has 2 aromatic rings. The molecule has 1 heterocycles. The first-order valence-electron chi connectivity index (χ1n) is 6.51. The zero-order chi connectivity index (χ0) is 15.7. The number of fused-ring (bicyclic) bond motifs is 1. The number of ether oxygens (including phenoxy) is 1. The van der Waals surface area contributed by atoms with Gasteiger partial charge in [0, 0.05) is 0 Å². The molecule has 0 fully saturated rings. The summed E-state index contributed by atoms with van der Waals surface area (Å²) >= 11 is 0. The predicted octanol–water partition coefficient (Wildman–Crippen LogP) is 0.0916. The van der Waals surface area contributed by atoms with Crippen molar-refractivity contribution in [1.29, 1.82) is 0 Å². The minimum Gasteiger partial charge on any atom is -0.457 e. The fourth-order valence-corrected chi connectivity index (χ4v) is 2.26. The Morgan fingerprint density at radius 2 is 1.68 bits per heavy atom. The van der Waals surface area contributed by atoms with Gasteiger partial charge < -0.3 is 14.9 Å². The van der Waals surface area contributed by atoms with Crippen molar-refractivity contribution in [2.75, 3.05) is 0 Å². The number of imide groups is 1. The lowest BCUT2D eigenvalue weighted by atomic mass is 9.84. The van der Waals surface area contributed by atoms with Crippen LogP contribution in [0.1, 0.15) is 26.3 Å². The van der Waals surface area contributed by atoms with Crippen LogP contribution >= 0.6 is 0 Å². The van der Waals surface area contributed by atoms with Gasteiger partial charge >= 0.3 is 7.48 Å². The van der Waals surface area contributed by atoms with Crippen LogP contribution in [0.25, 0.3) is 0 Å². The lowest BCUT2D eigenvalue weighted by Crippen LogP contribution is -2.19. The van der Waals surface area contributed by atoms with Gasteiger partial charge in [-0.05, 0) is 41.4 Å². The van der Waals surface area contributed by atoms with Crippen LogP contribution in [0.5, 0.6) is 11.5 Å². The van der Waals surface area contributed by atoms with Crippen molar-refractivity contribution < 1.29 is 24.5 Å². The molecule has 22 heavy (non-hydrogen) atoms. The summed E-state index contributed by atoms with van der Waals surface area (Å²) in [6, 6.07) is 9.40. The average molecular weight is 296 g/mol. The summed E-state index contributed by atoms with van der Waals surface area (Å²) < 4.78 is 5.63. The van der Waals surface area contributed by atoms with E-state index in [9.17, 15) is 14.7 Å². The molecule has 3 N–H and O–H groups in total. The quantitative estimate of drug-likeness (QED) is 0.549. The second-order valence-corrected chi connectivity index (χ2v) is 4.74. The van der Waals surface area contributed by atoms with Gasteiger partial charge in [-0.2, -0.15) is 0 Å². The molecule has 1 radical (unpaired) electrons. The highest BCUT2D eigenvalue weighted by Gasteiger charge is 2.26. The molecule has 0 aromatic heterocycles. The van der Waals surface area contributed by atoms with Gasteiger partial charge in [0.2, 0.25) is 0 Å². The van der Waals surface area contributed by atoms with E-state index in [1.165, 1.54) is 12.1 Å². The topological polar surface area (TPSA) is 95.9 Å². The van der Waals surface area contributed by atoms with Crippen molar-refractivity contribution in [3.63, 3.8) is 0 Å². The first-order chi connectivity index (χ1) is 10.6. The van der Waals surface area contributed by atoms with Gasteiger partial charge in [-0.15, -0.1) is 0 Å². The van der Waals surface area contributed by atoms with E-state index in [0.29, 0.717) is 28.1 Å². The summed E-state index contributed by atoms with van der Waals surface area (Å²) in [7, 11) is 0.903. The fraction of sp³-hybridized carbons (Fsp3) is 0.0667. The van der Waals surface area contributed by atoms with Gasteiger partial charge in [0.25, 0.3) is 11.8 Å². The Labute approximate surface area is 126 Å². The third-order valence-electron chi connectivity index (χ3n) is 3.37. The number of aliphatic hydroxyl groups is 1. The molecule has 2 aromatic carbocycles. The molecule has 0 unspecified atom stereocenters. The number of carbonyl (C=O) groups excluding carboxylic acids is 2. The largest absolute Gasteiger partial charge is 0.457 e. The van der Waals surface area contributed by atoms with Crippen molar-refractivity contribution in [3.8, 4) is 11.5 Å². The van der Waals surface area contributed by atoms with Crippen LogP contribution in [-0.4, -0.2) is 29.4 Å². The molecule has 6 nitrogen and oxygen atoms in total. The molecule has 3 rings (SSSR count). The lowest BCUT2D eigenvalue weighted by Gasteiger charge is -2.10. The zero-order valence-corrected chi connectivity index (χ0v) is 11.4. The number of carbonyl (C=O) groups is 2. The van der Waals surface area contributed by atoms with Crippen molar-refractivity contribution in [2.24, 2.45) is 0 Å². The summed E-state index contributed by atoms with van der Waals surface area (Å²) in [6.45, 7) is -0.245. The molecule has 0 aliphatic carbocycles. The van der Waals surface area contributed by atoms with Crippen molar-refractivity contribution >= 4 is 24.8 Å². The first-order valence-corrected chi connectivity index (χ1v) is 6.51. The molecule has 0 spiro atoms. The van der Waals surface area contributed by atoms with Crippen LogP contribution in [-0.2, 0) is 6.61 Å². The zero-order valence-electron chi connectivity index (χ0n) is 11.4. The van der Waals surface area contributed by atoms with Crippen molar-refractivity contribution in [2.45, 2.75) is 6.61 Å². The van der Waals surface area contributed by atoms with Crippen LogP contribution in [0.2, 0.25) is 0 Å². The molecule has 0 atom stereocenters. The molecule has 7 heteroatoms. The Hall–Kier alpha value is -2.64. The smallest absolute Gasteiger partial charge is 0.327 e. The predicted molar refractivity (Wildman–Crippen MR) is 78.3 cm³/mol. The summed E-state index contributed by atoms with van der Waals surface area (Å²) in [6.07, 6.45) is 0. The number of aliphatic hydroxyl groups excluding tert-OH is 1. The van der Waals surface area contributed by atoms with E-state index in [1.807, 2.05) is 0 Å². The Morgan fingerprint density at radius 1 is 1.00 bits per heavy atom. The fourth-order valence-electron chi connectivity index (χ4n) is 2.26. The van der Waals surface area contributed by atoms with Gasteiger partial charge in [0.1, 0.15) is 11.5 Å². The maximum absolute atomic E-state index is 11.6. The van der Waals surface area contributed by atoms with E-state index < -0.39 is 11.8 Å². The number of amides is 2. The van der Waals surface area contributed by atoms with Crippen LogP contribution < -0.4 is 15.5 Å². The summed E-state index contributed by atoms with van der Waals surface area (Å²) in [5.74, 6) is -0.0313. The Kier molecular flexibility index (Phi) is 3.66. The molecule has 2 amide bonds. The van der Waals surface area contributed by atoms with Gasteiger partial charge in [-0.25, -0.2) is 0 Å². The van der Waals surface area contributed by atoms with Gasteiger partial charge in [-0.1, -0.05) is 6.07 Å². The number of hydrogen-bond acceptors (Lipinski definition) is 5. The molecule has 1 aliphatic rings. The van der Waals surface area contributed by atoms with E-state index in [0.717, 1.165) is 7.48 Å². The lowest BCUT2D eigenvalue weighted by molar-refractivity contribution is 0.0879. The number of rotatable bonds is 4. The van der Waals surface area contributed by atoms with E-state index in [-0.39, 0.29) is 12.2 Å². The van der Waals surface area contributed by atoms with E-state index >= 15 is 0 Å². The standard InChI is InChI=1S/C15H11BNO5/c18-7-8-5-9(2-4-13(8)16-21)22-10-1-3-11-12(6-10)15(20)17-14(11)19/h1-6,18,21H,7H2,(H,17,19,20). The van der Waals surface area contributed by atoms with Crippen LogP contribution in [0.3, 0.4) is 0 Å². The number of benzene rings is 2. The molecular formula is C15H11BNO5. The minimum absolute atomic E-state index is 0.245. The normalized spacial score (nSPS) is 12.8. The van der Waals surface area contributed by atoms with Gasteiger partial charge in [-0.3, -0.25) is 14.9 Å². The molecule has 109 valence electrons. The van der Waals surface area contributed by atoms with E-state index in [2.05, 4.69) is 5.32 Å². The summed E-state index contributed by atoms with van der Waals surface area (Å²) in [5.41, 5.74) is 1.59. The Bertz CT molecular complexity index is 775. The minimum atomic E-state index is -0.452. The van der Waals surface area contributed by atoms with Crippen LogP contribution in [0.15, 0.2) is 36.4 Å². The van der Waals surface area contributed by atoms with Crippen molar-refractivity contribution in [1.82, 2.24) is 5.32 Å². The Morgan fingerprint density at radius 3 is 2.41 bits per heavy atom. The third kappa shape index (κ3) is 2.47. The van der Waals surface area contributed by atoms with Gasteiger partial charge in [0.15, 0.2) is 0 Å². The molecule has 1 aliphatic heterocycles. The monoisotopic (exact) mass is 296 g/mol. The van der Waals surface area contributed by atoms with Gasteiger partial charge in [0.05, 0.1) is 17.7 Å². The highest BCUT2D eigenvalue weighted by atomic mass is 16.5. The second kappa shape index (κ2) is 5.63. The Balaban J connectivity index is 1.90. The molecule has 0 bridgehead atoms. The molecule has 0 saturated carbocycles. The third-order valence-corrected chi connectivity index (χ3v) is 3.37. The molecule has 0 saturated heterocycles. The maximum atomic E-state index is 11.6. The number of nitrogens with one attached hydrogen (secondary N) is 1. The highest BCUT2D eigenvalue weighted by Crippen LogP contribution is 2.26. The first kappa shape index (κ1) is 14.3. The number of hydrogen-bond donors (Lipinski definition) is 3.